The second-order valence-electron chi connectivity index (χ2n) is 4.73. The summed E-state index contributed by atoms with van der Waals surface area (Å²) in [5, 5.41) is 0. The molecule has 0 amide bonds. The van der Waals surface area contributed by atoms with Gasteiger partial charge >= 0.3 is 0 Å². The second kappa shape index (κ2) is 5.98. The molecule has 0 unspecified atom stereocenters. The van der Waals surface area contributed by atoms with Gasteiger partial charge < -0.3 is 10.5 Å². The maximum Gasteiger partial charge on any atom is 0.180 e. The summed E-state index contributed by atoms with van der Waals surface area (Å²) in [6, 6.07) is 6.41. The van der Waals surface area contributed by atoms with Crippen molar-refractivity contribution < 1.29 is 13.2 Å². The number of hydrogen-bond donors (Lipinski definition) is 1. The number of thiocarbonyl (C=S) groups is 1. The topological polar surface area (TPSA) is 69.4 Å². The quantitative estimate of drug-likeness (QED) is 0.610. The van der Waals surface area contributed by atoms with Crippen molar-refractivity contribution in [1.82, 2.24) is 0 Å². The van der Waals surface area contributed by atoms with Crippen LogP contribution in [0.15, 0.2) is 29.2 Å². The van der Waals surface area contributed by atoms with Gasteiger partial charge in [-0.05, 0) is 30.9 Å². The Hall–Kier alpha value is -0.980. The molecular weight excluding hydrogens is 282 g/mol. The van der Waals surface area contributed by atoms with E-state index in [1.165, 1.54) is 18.9 Å². The van der Waals surface area contributed by atoms with E-state index < -0.39 is 9.84 Å². The number of nitrogens with two attached hydrogens (primary N) is 1. The summed E-state index contributed by atoms with van der Waals surface area (Å²) < 4.78 is 29.6. The van der Waals surface area contributed by atoms with Gasteiger partial charge in [-0.3, -0.25) is 0 Å². The van der Waals surface area contributed by atoms with Gasteiger partial charge in [-0.25, -0.2) is 8.42 Å². The lowest BCUT2D eigenvalue weighted by molar-refractivity contribution is 0.138. The van der Waals surface area contributed by atoms with E-state index in [4.69, 9.17) is 22.7 Å². The SMILES string of the molecule is NC(=S)c1cccc(S(=O)(=O)CCOCC2CC2)c1. The van der Waals surface area contributed by atoms with Crippen LogP contribution < -0.4 is 5.73 Å². The third kappa shape index (κ3) is 4.26. The predicted octanol–water partition coefficient (Wildman–Crippen LogP) is 1.52. The summed E-state index contributed by atoms with van der Waals surface area (Å²) in [7, 11) is -3.33. The van der Waals surface area contributed by atoms with Crippen LogP contribution >= 0.6 is 12.2 Å². The highest BCUT2D eigenvalue weighted by Crippen LogP contribution is 2.28. The maximum atomic E-state index is 12.1. The van der Waals surface area contributed by atoms with Crippen LogP contribution in [0.3, 0.4) is 0 Å². The fourth-order valence-corrected chi connectivity index (χ4v) is 2.96. The largest absolute Gasteiger partial charge is 0.389 e. The van der Waals surface area contributed by atoms with Crippen LogP contribution in [0, 0.1) is 5.92 Å². The summed E-state index contributed by atoms with van der Waals surface area (Å²) in [5.74, 6) is 0.626. The van der Waals surface area contributed by atoms with Crippen LogP contribution in [-0.4, -0.2) is 32.4 Å². The molecule has 0 aromatic heterocycles. The summed E-state index contributed by atoms with van der Waals surface area (Å²) in [5.41, 5.74) is 6.06. The highest BCUT2D eigenvalue weighted by Gasteiger charge is 2.22. The van der Waals surface area contributed by atoms with Crippen molar-refractivity contribution in [3.8, 4) is 0 Å². The van der Waals surface area contributed by atoms with Crippen LogP contribution in [-0.2, 0) is 14.6 Å². The van der Waals surface area contributed by atoms with Crippen molar-refractivity contribution >= 4 is 27.0 Å². The summed E-state index contributed by atoms with van der Waals surface area (Å²) in [6.45, 7) is 0.901. The second-order valence-corrected chi connectivity index (χ2v) is 7.28. The van der Waals surface area contributed by atoms with Gasteiger partial charge in [0.2, 0.25) is 0 Å². The molecule has 0 bridgehead atoms. The lowest BCUT2D eigenvalue weighted by atomic mass is 10.2. The Morgan fingerprint density at radius 1 is 1.42 bits per heavy atom. The van der Waals surface area contributed by atoms with E-state index in [2.05, 4.69) is 0 Å². The third-order valence-electron chi connectivity index (χ3n) is 3.02. The average Bonchev–Trinajstić information content (AvgIpc) is 3.19. The molecule has 0 aliphatic heterocycles. The Bertz CT molecular complexity index is 565. The lowest BCUT2D eigenvalue weighted by Gasteiger charge is -2.07. The molecule has 0 radical (unpaired) electrons. The summed E-state index contributed by atoms with van der Waals surface area (Å²) in [6.07, 6.45) is 2.39. The third-order valence-corrected chi connectivity index (χ3v) is 4.94. The fraction of sp³-hybridized carbons (Fsp3) is 0.462. The zero-order valence-electron chi connectivity index (χ0n) is 10.5. The molecule has 0 saturated heterocycles. The van der Waals surface area contributed by atoms with E-state index in [0.717, 1.165) is 0 Å². The van der Waals surface area contributed by atoms with Crippen molar-refractivity contribution in [3.63, 3.8) is 0 Å². The monoisotopic (exact) mass is 299 g/mol. The maximum absolute atomic E-state index is 12.1. The molecule has 1 aromatic carbocycles. The first-order valence-electron chi connectivity index (χ1n) is 6.19. The number of hydrogen-bond acceptors (Lipinski definition) is 4. The molecule has 2 N–H and O–H groups in total. The number of rotatable bonds is 7. The minimum atomic E-state index is -3.33. The van der Waals surface area contributed by atoms with Gasteiger partial charge in [-0.1, -0.05) is 24.4 Å². The molecule has 0 atom stereocenters. The number of sulfone groups is 1. The normalized spacial score (nSPS) is 15.4. The molecule has 104 valence electrons. The van der Waals surface area contributed by atoms with E-state index in [1.807, 2.05) is 0 Å². The Morgan fingerprint density at radius 2 is 2.16 bits per heavy atom. The molecule has 0 heterocycles. The molecule has 1 saturated carbocycles. The molecule has 1 aromatic rings. The van der Waals surface area contributed by atoms with E-state index in [1.54, 1.807) is 18.2 Å². The van der Waals surface area contributed by atoms with Crippen LogP contribution in [0.4, 0.5) is 0 Å². The molecule has 0 spiro atoms. The first-order valence-corrected chi connectivity index (χ1v) is 8.25. The van der Waals surface area contributed by atoms with Gasteiger partial charge in [0.25, 0.3) is 0 Å². The van der Waals surface area contributed by atoms with Crippen LogP contribution in [0.2, 0.25) is 0 Å². The van der Waals surface area contributed by atoms with Gasteiger partial charge in [0.15, 0.2) is 9.84 Å². The van der Waals surface area contributed by atoms with Gasteiger partial charge in [0.05, 0.1) is 17.3 Å². The minimum absolute atomic E-state index is 0.0134. The van der Waals surface area contributed by atoms with Gasteiger partial charge in [-0.2, -0.15) is 0 Å². The zero-order valence-corrected chi connectivity index (χ0v) is 12.2. The highest BCUT2D eigenvalue weighted by atomic mass is 32.2. The molecule has 1 aliphatic rings. The van der Waals surface area contributed by atoms with E-state index in [0.29, 0.717) is 18.1 Å². The van der Waals surface area contributed by atoms with Crippen molar-refractivity contribution in [2.45, 2.75) is 17.7 Å². The van der Waals surface area contributed by atoms with Crippen molar-refractivity contribution in [1.29, 1.82) is 0 Å². The van der Waals surface area contributed by atoms with Gasteiger partial charge in [0.1, 0.15) is 4.99 Å². The smallest absolute Gasteiger partial charge is 0.180 e. The van der Waals surface area contributed by atoms with Crippen molar-refractivity contribution in [2.75, 3.05) is 19.0 Å². The Labute approximate surface area is 118 Å². The fourth-order valence-electron chi connectivity index (χ4n) is 1.66. The highest BCUT2D eigenvalue weighted by molar-refractivity contribution is 7.91. The van der Waals surface area contributed by atoms with Crippen LogP contribution in [0.25, 0.3) is 0 Å². The summed E-state index contributed by atoms with van der Waals surface area (Å²) in [4.78, 5) is 0.440. The molecule has 2 rings (SSSR count). The van der Waals surface area contributed by atoms with Crippen molar-refractivity contribution in [2.24, 2.45) is 11.7 Å². The Balaban J connectivity index is 1.97. The van der Waals surface area contributed by atoms with E-state index in [9.17, 15) is 8.42 Å². The molecule has 6 heteroatoms. The Morgan fingerprint density at radius 3 is 2.79 bits per heavy atom. The van der Waals surface area contributed by atoms with E-state index >= 15 is 0 Å². The van der Waals surface area contributed by atoms with Gasteiger partial charge in [-0.15, -0.1) is 0 Å². The average molecular weight is 299 g/mol. The Kier molecular flexibility index (Phi) is 4.54. The van der Waals surface area contributed by atoms with Gasteiger partial charge in [0, 0.05) is 12.2 Å². The molecular formula is C13H17NO3S2. The molecule has 1 fully saturated rings. The number of ether oxygens (including phenoxy) is 1. The standard InChI is InChI=1S/C13H17NO3S2/c14-13(18)11-2-1-3-12(8-11)19(15,16)7-6-17-9-10-4-5-10/h1-3,8,10H,4-7,9H2,(H2,14,18). The van der Waals surface area contributed by atoms with Crippen molar-refractivity contribution in [3.05, 3.63) is 29.8 Å². The van der Waals surface area contributed by atoms with Crippen LogP contribution in [0.5, 0.6) is 0 Å². The molecule has 1 aliphatic carbocycles. The number of benzene rings is 1. The molecule has 19 heavy (non-hydrogen) atoms. The minimum Gasteiger partial charge on any atom is -0.389 e. The van der Waals surface area contributed by atoms with E-state index in [-0.39, 0.29) is 22.2 Å². The zero-order chi connectivity index (χ0) is 13.9. The summed E-state index contributed by atoms with van der Waals surface area (Å²) >= 11 is 4.84. The predicted molar refractivity (Wildman–Crippen MR) is 77.9 cm³/mol. The first-order chi connectivity index (χ1) is 8.99. The van der Waals surface area contributed by atoms with Crippen LogP contribution in [0.1, 0.15) is 18.4 Å². The lowest BCUT2D eigenvalue weighted by Crippen LogP contribution is -2.15. The molecule has 4 nitrogen and oxygen atoms in total. The first kappa shape index (κ1) is 14.4.